The van der Waals surface area contributed by atoms with E-state index in [4.69, 9.17) is 4.74 Å². The van der Waals surface area contributed by atoms with Crippen molar-refractivity contribution < 1.29 is 14.9 Å². The average Bonchev–Trinajstić information content (AvgIpc) is 3.71. The maximum absolute atomic E-state index is 12.9. The van der Waals surface area contributed by atoms with E-state index in [2.05, 4.69) is 101 Å². The maximum Gasteiger partial charge on any atom is 0.165 e. The van der Waals surface area contributed by atoms with Gasteiger partial charge in [-0.1, -0.05) is 79.2 Å². The number of aliphatic hydroxyl groups is 1. The lowest BCUT2D eigenvalue weighted by molar-refractivity contribution is -0.188. The monoisotopic (exact) mass is 642 g/mol. The van der Waals surface area contributed by atoms with Crippen molar-refractivity contribution in [1.82, 2.24) is 9.47 Å². The minimum absolute atomic E-state index is 0.0179. The highest BCUT2D eigenvalue weighted by Crippen LogP contribution is 2.67. The lowest BCUT2D eigenvalue weighted by Crippen LogP contribution is -2.76. The summed E-state index contributed by atoms with van der Waals surface area (Å²) in [6.45, 7) is 6.68. The molecule has 0 amide bonds. The summed E-state index contributed by atoms with van der Waals surface area (Å²) >= 11 is 0. The molecule has 3 aromatic carbocycles. The fraction of sp³-hybridized carbons (Fsp3) is 0.442. The Morgan fingerprint density at radius 2 is 1.67 bits per heavy atom. The van der Waals surface area contributed by atoms with Crippen LogP contribution in [0.1, 0.15) is 78.8 Å². The van der Waals surface area contributed by atoms with E-state index in [1.54, 1.807) is 6.07 Å². The normalized spacial score (nSPS) is 27.6. The molecule has 2 N–H and O–H groups in total. The van der Waals surface area contributed by atoms with Gasteiger partial charge in [-0.2, -0.15) is 0 Å². The number of likely N-dealkylation sites (tertiary alicyclic amines) is 1. The highest BCUT2D eigenvalue weighted by atomic mass is 16.5. The van der Waals surface area contributed by atoms with Gasteiger partial charge in [-0.15, -0.1) is 6.58 Å². The van der Waals surface area contributed by atoms with Crippen molar-refractivity contribution >= 4 is 0 Å². The van der Waals surface area contributed by atoms with E-state index in [0.717, 1.165) is 70.1 Å². The molecule has 3 heterocycles. The fourth-order valence-corrected chi connectivity index (χ4v) is 10.3. The van der Waals surface area contributed by atoms with Crippen LogP contribution in [0.15, 0.2) is 104 Å². The molecule has 250 valence electrons. The van der Waals surface area contributed by atoms with E-state index >= 15 is 0 Å². The SMILES string of the molecule is C=CCN1CC[C@]23c4c5ccc(O)c4OC2C(c2cccn2CC(CCCCc2ccccc2)CCc2ccccc2)CC[C@@]3(O)[C@H]1C5. The number of aromatic hydroxyl groups is 1. The molecule has 8 rings (SSSR count). The molecule has 4 aliphatic rings. The Balaban J connectivity index is 1.07. The molecule has 5 heteroatoms. The van der Waals surface area contributed by atoms with Crippen molar-refractivity contribution in [3.05, 3.63) is 132 Å². The first-order chi connectivity index (χ1) is 23.5. The molecule has 6 atom stereocenters. The summed E-state index contributed by atoms with van der Waals surface area (Å²) in [5.41, 5.74) is 5.03. The zero-order chi connectivity index (χ0) is 32.7. The number of aryl methyl sites for hydroxylation is 2. The number of hydrogen-bond acceptors (Lipinski definition) is 4. The lowest BCUT2D eigenvalue weighted by Gasteiger charge is -2.64. The predicted octanol–water partition coefficient (Wildman–Crippen LogP) is 7.98. The first-order valence-corrected chi connectivity index (χ1v) is 18.3. The number of hydrogen-bond donors (Lipinski definition) is 2. The van der Waals surface area contributed by atoms with Crippen LogP contribution in [0.2, 0.25) is 0 Å². The van der Waals surface area contributed by atoms with E-state index in [0.29, 0.717) is 11.7 Å². The highest BCUT2D eigenvalue weighted by molar-refractivity contribution is 5.63. The number of piperidine rings is 1. The third-order valence-electron chi connectivity index (χ3n) is 12.5. The Labute approximate surface area is 285 Å². The zero-order valence-corrected chi connectivity index (χ0v) is 28.1. The molecule has 2 bridgehead atoms. The number of rotatable bonds is 13. The summed E-state index contributed by atoms with van der Waals surface area (Å²) in [6, 6.07) is 30.2. The summed E-state index contributed by atoms with van der Waals surface area (Å²) in [5.74, 6) is 1.52. The van der Waals surface area contributed by atoms with Gasteiger partial charge in [-0.25, -0.2) is 0 Å². The van der Waals surface area contributed by atoms with Gasteiger partial charge in [0.1, 0.15) is 6.10 Å². The second-order valence-electron chi connectivity index (χ2n) is 15.0. The molecule has 1 aromatic heterocycles. The number of nitrogens with zero attached hydrogens (tertiary/aromatic N) is 2. The van der Waals surface area contributed by atoms with Crippen molar-refractivity contribution in [1.29, 1.82) is 0 Å². The molecule has 1 saturated carbocycles. The van der Waals surface area contributed by atoms with Gasteiger partial charge in [0.2, 0.25) is 0 Å². The summed E-state index contributed by atoms with van der Waals surface area (Å²) in [4.78, 5) is 2.43. The Morgan fingerprint density at radius 1 is 0.896 bits per heavy atom. The Bertz CT molecular complexity index is 1730. The van der Waals surface area contributed by atoms with Gasteiger partial charge in [-0.05, 0) is 105 Å². The summed E-state index contributed by atoms with van der Waals surface area (Å²) in [5, 5.41) is 24.0. The maximum atomic E-state index is 12.9. The number of phenolic OH excluding ortho intramolecular Hbond substituents is 1. The Kier molecular flexibility index (Phi) is 8.46. The van der Waals surface area contributed by atoms with Crippen LogP contribution in [0, 0.1) is 5.92 Å². The van der Waals surface area contributed by atoms with Gasteiger partial charge in [0.25, 0.3) is 0 Å². The molecule has 1 saturated heterocycles. The zero-order valence-electron chi connectivity index (χ0n) is 28.1. The first kappa shape index (κ1) is 31.5. The second-order valence-corrected chi connectivity index (χ2v) is 15.0. The molecular formula is C43H50N2O3. The lowest BCUT2D eigenvalue weighted by atomic mass is 9.47. The van der Waals surface area contributed by atoms with Gasteiger partial charge in [0, 0.05) is 42.5 Å². The van der Waals surface area contributed by atoms with Gasteiger partial charge < -0.3 is 19.5 Å². The van der Waals surface area contributed by atoms with Crippen molar-refractivity contribution in [2.75, 3.05) is 13.1 Å². The largest absolute Gasteiger partial charge is 0.504 e. The van der Waals surface area contributed by atoms with Crippen molar-refractivity contribution in [3.63, 3.8) is 0 Å². The third kappa shape index (κ3) is 5.21. The molecule has 48 heavy (non-hydrogen) atoms. The number of benzene rings is 3. The summed E-state index contributed by atoms with van der Waals surface area (Å²) in [7, 11) is 0. The molecule has 4 aromatic rings. The number of aromatic nitrogens is 1. The van der Waals surface area contributed by atoms with Gasteiger partial charge in [-0.3, -0.25) is 4.90 Å². The topological polar surface area (TPSA) is 57.9 Å². The summed E-state index contributed by atoms with van der Waals surface area (Å²) < 4.78 is 9.44. The predicted molar refractivity (Wildman–Crippen MR) is 192 cm³/mol. The van der Waals surface area contributed by atoms with Crippen LogP contribution in [0.25, 0.3) is 0 Å². The van der Waals surface area contributed by atoms with Crippen molar-refractivity contribution in [2.45, 2.75) is 99.8 Å². The number of phenols is 1. The molecule has 2 aliphatic carbocycles. The van der Waals surface area contributed by atoms with E-state index in [9.17, 15) is 10.2 Å². The van der Waals surface area contributed by atoms with E-state index in [-0.39, 0.29) is 23.8 Å². The van der Waals surface area contributed by atoms with Crippen LogP contribution in [-0.2, 0) is 31.2 Å². The minimum Gasteiger partial charge on any atom is -0.504 e. The van der Waals surface area contributed by atoms with Crippen LogP contribution in [0.5, 0.6) is 11.5 Å². The Morgan fingerprint density at radius 3 is 2.44 bits per heavy atom. The number of ether oxygens (including phenoxy) is 1. The molecule has 1 spiro atoms. The van der Waals surface area contributed by atoms with E-state index in [1.807, 2.05) is 6.08 Å². The molecular weight excluding hydrogens is 592 g/mol. The van der Waals surface area contributed by atoms with E-state index in [1.165, 1.54) is 41.6 Å². The fourth-order valence-electron chi connectivity index (χ4n) is 10.3. The van der Waals surface area contributed by atoms with Gasteiger partial charge in [0.05, 0.1) is 11.0 Å². The average molecular weight is 643 g/mol. The van der Waals surface area contributed by atoms with Crippen LogP contribution in [-0.4, -0.2) is 50.5 Å². The smallest absolute Gasteiger partial charge is 0.165 e. The van der Waals surface area contributed by atoms with Crippen molar-refractivity contribution in [2.24, 2.45) is 5.92 Å². The Hall–Kier alpha value is -3.80. The second kappa shape index (κ2) is 12.9. The van der Waals surface area contributed by atoms with Gasteiger partial charge >= 0.3 is 0 Å². The third-order valence-corrected chi connectivity index (χ3v) is 12.5. The minimum atomic E-state index is -0.907. The molecule has 5 nitrogen and oxygen atoms in total. The standard InChI is InChI=1S/C43H50N2O3/c1-2-26-44-28-25-42-39-34-21-22-37(46)40(39)48-41(42)35(23-24-43(42,47)38(44)29-34)36-18-11-27-45(36)30-33(20-19-32-14-7-4-8-15-32)17-10-9-16-31-12-5-3-6-13-31/h2-8,11-15,18,21-22,27,33,35,38,41,46-47H,1,9-10,16-17,19-20,23-26,28-30H2/t33?,35?,38-,41?,42+,43-/m1/s1. The van der Waals surface area contributed by atoms with Crippen LogP contribution < -0.4 is 4.74 Å². The molecule has 2 fully saturated rings. The summed E-state index contributed by atoms with van der Waals surface area (Å²) in [6.07, 6.45) is 14.2. The van der Waals surface area contributed by atoms with Crippen molar-refractivity contribution in [3.8, 4) is 11.5 Å². The molecule has 0 radical (unpaired) electrons. The highest BCUT2D eigenvalue weighted by Gasteiger charge is 2.73. The van der Waals surface area contributed by atoms with Crippen LogP contribution in [0.4, 0.5) is 0 Å². The molecule has 3 unspecified atom stereocenters. The quantitative estimate of drug-likeness (QED) is 0.115. The van der Waals surface area contributed by atoms with Crippen LogP contribution >= 0.6 is 0 Å². The van der Waals surface area contributed by atoms with Crippen LogP contribution in [0.3, 0.4) is 0 Å². The molecule has 2 aliphatic heterocycles. The van der Waals surface area contributed by atoms with E-state index < -0.39 is 11.0 Å². The first-order valence-electron chi connectivity index (χ1n) is 18.3. The van der Waals surface area contributed by atoms with Gasteiger partial charge in [0.15, 0.2) is 11.5 Å². The number of unbranched alkanes of at least 4 members (excludes halogenated alkanes) is 1.